The Hall–Kier alpha value is -4.02. The van der Waals surface area contributed by atoms with Crippen molar-refractivity contribution in [1.82, 2.24) is 0 Å². The Kier molecular flexibility index (Phi) is 6.87. The Morgan fingerprint density at radius 2 is 0.867 bits per heavy atom. The Morgan fingerprint density at radius 1 is 0.467 bits per heavy atom. The molecule has 0 aromatic heterocycles. The topological polar surface area (TPSA) is 36.9 Å². The first-order chi connectivity index (χ1) is 14.7. The monoisotopic (exact) mass is 398 g/mol. The van der Waals surface area contributed by atoms with Gasteiger partial charge in [-0.15, -0.1) is 0 Å². The summed E-state index contributed by atoms with van der Waals surface area (Å²) in [6, 6.07) is 19.1. The van der Waals surface area contributed by atoms with Crippen molar-refractivity contribution in [2.45, 2.75) is 0 Å². The lowest BCUT2D eigenvalue weighted by molar-refractivity contribution is 0.324. The Labute approximate surface area is 177 Å². The zero-order valence-corrected chi connectivity index (χ0v) is 17.4. The lowest BCUT2D eigenvalue weighted by Crippen LogP contribution is -1.95. The molecule has 0 amide bonds. The first kappa shape index (κ1) is 20.7. The van der Waals surface area contributed by atoms with Crippen LogP contribution in [-0.2, 0) is 0 Å². The molecule has 0 saturated heterocycles. The maximum atomic E-state index is 5.37. The van der Waals surface area contributed by atoms with E-state index < -0.39 is 0 Å². The summed E-state index contributed by atoms with van der Waals surface area (Å²) < 4.78 is 21.2. The molecule has 0 unspecified atom stereocenters. The van der Waals surface area contributed by atoms with E-state index in [1.807, 2.05) is 60.7 Å². The first-order valence-electron chi connectivity index (χ1n) is 9.25. The van der Waals surface area contributed by atoms with Gasteiger partial charge in [-0.3, -0.25) is 0 Å². The van der Waals surface area contributed by atoms with Crippen molar-refractivity contribution in [3.63, 3.8) is 0 Å². The number of ether oxygens (including phenoxy) is 4. The molecule has 0 aliphatic rings. The predicted octanol–water partition coefficient (Wildman–Crippen LogP) is 4.52. The van der Waals surface area contributed by atoms with Gasteiger partial charge < -0.3 is 18.9 Å². The van der Waals surface area contributed by atoms with Gasteiger partial charge in [-0.25, -0.2) is 0 Å². The molecule has 0 radical (unpaired) electrons. The lowest BCUT2D eigenvalue weighted by Gasteiger charge is -2.12. The minimum absolute atomic E-state index is 0.547. The van der Waals surface area contributed by atoms with Crippen LogP contribution in [0.15, 0.2) is 60.7 Å². The van der Waals surface area contributed by atoms with Gasteiger partial charge in [-0.1, -0.05) is 23.7 Å². The maximum absolute atomic E-state index is 5.37. The molecule has 3 aromatic carbocycles. The van der Waals surface area contributed by atoms with E-state index in [-0.39, 0.29) is 0 Å². The summed E-state index contributed by atoms with van der Waals surface area (Å²) in [5, 5.41) is 0. The zero-order chi connectivity index (χ0) is 21.3. The van der Waals surface area contributed by atoms with E-state index in [0.29, 0.717) is 17.2 Å². The summed E-state index contributed by atoms with van der Waals surface area (Å²) in [6.07, 6.45) is 0. The summed E-state index contributed by atoms with van der Waals surface area (Å²) in [7, 11) is 6.39. The van der Waals surface area contributed by atoms with E-state index in [2.05, 4.69) is 23.7 Å². The van der Waals surface area contributed by atoms with Crippen LogP contribution in [0.25, 0.3) is 0 Å². The fourth-order valence-electron chi connectivity index (χ4n) is 2.75. The van der Waals surface area contributed by atoms with Crippen LogP contribution in [0, 0.1) is 23.7 Å². The van der Waals surface area contributed by atoms with Gasteiger partial charge in [-0.05, 0) is 60.7 Å². The van der Waals surface area contributed by atoms with Gasteiger partial charge in [0.25, 0.3) is 0 Å². The van der Waals surface area contributed by atoms with Crippen molar-refractivity contribution in [3.8, 4) is 46.7 Å². The van der Waals surface area contributed by atoms with Crippen LogP contribution in [0.3, 0.4) is 0 Å². The quantitative estimate of drug-likeness (QED) is 0.606. The minimum Gasteiger partial charge on any atom is -0.497 e. The highest BCUT2D eigenvalue weighted by Crippen LogP contribution is 2.37. The highest BCUT2D eigenvalue weighted by atomic mass is 16.5. The third kappa shape index (κ3) is 5.07. The number of hydrogen-bond acceptors (Lipinski definition) is 4. The fourth-order valence-corrected chi connectivity index (χ4v) is 2.75. The van der Waals surface area contributed by atoms with Crippen LogP contribution in [-0.4, -0.2) is 28.4 Å². The molecule has 0 heterocycles. The number of hydrogen-bond donors (Lipinski definition) is 0. The predicted molar refractivity (Wildman–Crippen MR) is 117 cm³/mol. The standard InChI is InChI=1S/C26H22O4/c1-27-23-15-13-21(14-16-23)10-9-19-5-7-20(8-6-19)11-12-22-17-24(28-2)26(30-4)25(18-22)29-3/h5-8,13-18H,1-4H3. The van der Waals surface area contributed by atoms with Crippen molar-refractivity contribution in [1.29, 1.82) is 0 Å². The van der Waals surface area contributed by atoms with Crippen molar-refractivity contribution in [2.24, 2.45) is 0 Å². The Bertz CT molecular complexity index is 1100. The molecule has 30 heavy (non-hydrogen) atoms. The number of methoxy groups -OCH3 is 4. The highest BCUT2D eigenvalue weighted by Gasteiger charge is 2.12. The first-order valence-corrected chi connectivity index (χ1v) is 9.25. The summed E-state index contributed by atoms with van der Waals surface area (Å²) in [6.45, 7) is 0. The molecule has 3 rings (SSSR count). The highest BCUT2D eigenvalue weighted by molar-refractivity contribution is 5.58. The molecule has 4 nitrogen and oxygen atoms in total. The maximum Gasteiger partial charge on any atom is 0.203 e. The molecule has 0 bridgehead atoms. The van der Waals surface area contributed by atoms with Crippen molar-refractivity contribution in [2.75, 3.05) is 28.4 Å². The smallest absolute Gasteiger partial charge is 0.203 e. The molecule has 0 saturated carbocycles. The second kappa shape index (κ2) is 9.96. The summed E-state index contributed by atoms with van der Waals surface area (Å²) in [5.74, 6) is 15.1. The van der Waals surface area contributed by atoms with Gasteiger partial charge in [-0.2, -0.15) is 0 Å². The van der Waals surface area contributed by atoms with Gasteiger partial charge in [0.2, 0.25) is 5.75 Å². The van der Waals surface area contributed by atoms with E-state index in [0.717, 1.165) is 28.0 Å². The molecule has 150 valence electrons. The van der Waals surface area contributed by atoms with E-state index in [1.54, 1.807) is 28.4 Å². The molecular formula is C26H22O4. The van der Waals surface area contributed by atoms with Crippen LogP contribution in [0.5, 0.6) is 23.0 Å². The minimum atomic E-state index is 0.547. The molecular weight excluding hydrogens is 376 g/mol. The number of rotatable bonds is 4. The number of benzene rings is 3. The lowest BCUT2D eigenvalue weighted by atomic mass is 10.1. The van der Waals surface area contributed by atoms with Crippen LogP contribution in [0.1, 0.15) is 22.3 Å². The van der Waals surface area contributed by atoms with Crippen LogP contribution >= 0.6 is 0 Å². The summed E-state index contributed by atoms with van der Waals surface area (Å²) >= 11 is 0. The molecule has 4 heteroatoms. The summed E-state index contributed by atoms with van der Waals surface area (Å²) in [5.41, 5.74) is 3.51. The van der Waals surface area contributed by atoms with Crippen molar-refractivity contribution in [3.05, 3.63) is 82.9 Å². The molecule has 0 N–H and O–H groups in total. The van der Waals surface area contributed by atoms with Gasteiger partial charge in [0, 0.05) is 22.3 Å². The summed E-state index contributed by atoms with van der Waals surface area (Å²) in [4.78, 5) is 0. The fraction of sp³-hybridized carbons (Fsp3) is 0.154. The molecule has 0 fully saturated rings. The zero-order valence-electron chi connectivity index (χ0n) is 17.4. The van der Waals surface area contributed by atoms with Crippen LogP contribution in [0.4, 0.5) is 0 Å². The van der Waals surface area contributed by atoms with Gasteiger partial charge in [0.1, 0.15) is 5.75 Å². The molecule has 3 aromatic rings. The van der Waals surface area contributed by atoms with Crippen molar-refractivity contribution >= 4 is 0 Å². The van der Waals surface area contributed by atoms with Crippen molar-refractivity contribution < 1.29 is 18.9 Å². The van der Waals surface area contributed by atoms with E-state index in [1.165, 1.54) is 0 Å². The average molecular weight is 398 g/mol. The van der Waals surface area contributed by atoms with E-state index in [4.69, 9.17) is 18.9 Å². The molecule has 0 aliphatic carbocycles. The second-order valence-electron chi connectivity index (χ2n) is 6.22. The third-order valence-electron chi connectivity index (χ3n) is 4.34. The van der Waals surface area contributed by atoms with Gasteiger partial charge in [0.15, 0.2) is 11.5 Å². The SMILES string of the molecule is COc1ccc(C#Cc2ccc(C#Cc3cc(OC)c(OC)c(OC)c3)cc2)cc1. The molecule has 0 aliphatic heterocycles. The van der Waals surface area contributed by atoms with E-state index >= 15 is 0 Å². The third-order valence-corrected chi connectivity index (χ3v) is 4.34. The van der Waals surface area contributed by atoms with Gasteiger partial charge >= 0.3 is 0 Å². The second-order valence-corrected chi connectivity index (χ2v) is 6.22. The van der Waals surface area contributed by atoms with E-state index in [9.17, 15) is 0 Å². The Balaban J connectivity index is 1.77. The molecule has 0 atom stereocenters. The average Bonchev–Trinajstić information content (AvgIpc) is 2.81. The molecule has 0 spiro atoms. The Morgan fingerprint density at radius 3 is 1.23 bits per heavy atom. The van der Waals surface area contributed by atoms with Gasteiger partial charge in [0.05, 0.1) is 28.4 Å². The van der Waals surface area contributed by atoms with Crippen LogP contribution in [0.2, 0.25) is 0 Å². The largest absolute Gasteiger partial charge is 0.497 e. The normalized spacial score (nSPS) is 9.47. The van der Waals surface area contributed by atoms with Crippen LogP contribution < -0.4 is 18.9 Å².